The Hall–Kier alpha value is -0.770. The lowest BCUT2D eigenvalue weighted by Gasteiger charge is -2.19. The Morgan fingerprint density at radius 3 is 2.58 bits per heavy atom. The quantitative estimate of drug-likeness (QED) is 0.588. The Kier molecular flexibility index (Phi) is 2.28. The van der Waals surface area contributed by atoms with E-state index in [1.165, 1.54) is 0 Å². The molecule has 4 heteroatoms. The van der Waals surface area contributed by atoms with Gasteiger partial charge < -0.3 is 15.4 Å². The van der Waals surface area contributed by atoms with E-state index in [1.807, 2.05) is 20.8 Å². The molecule has 0 aliphatic carbocycles. The Morgan fingerprint density at radius 1 is 1.67 bits per heavy atom. The highest BCUT2D eigenvalue weighted by Crippen LogP contribution is 2.20. The molecule has 2 N–H and O–H groups in total. The fraction of sp³-hybridized carbons (Fsp3) is 0.875. The minimum absolute atomic E-state index is 0.208. The topological polar surface area (TPSA) is 55.3 Å². The molecule has 0 aromatic rings. The zero-order valence-electron chi connectivity index (χ0n) is 7.83. The molecule has 0 unspecified atom stereocenters. The van der Waals surface area contributed by atoms with Crippen LogP contribution < -0.4 is 5.73 Å². The highest BCUT2D eigenvalue weighted by molar-refractivity contribution is 5.71. The Balaban J connectivity index is 2.32. The summed E-state index contributed by atoms with van der Waals surface area (Å²) in [6, 6.07) is 0.208. The lowest BCUT2D eigenvalue weighted by molar-refractivity contribution is 0.0408. The minimum atomic E-state index is -0.404. The molecular weight excluding hydrogens is 156 g/mol. The number of ether oxygens (including phenoxy) is 1. The van der Waals surface area contributed by atoms with Gasteiger partial charge in [0.1, 0.15) is 5.60 Å². The molecule has 1 fully saturated rings. The molecule has 0 aromatic carbocycles. The van der Waals surface area contributed by atoms with Gasteiger partial charge in [-0.1, -0.05) is 0 Å². The van der Waals surface area contributed by atoms with Crippen molar-refractivity contribution in [2.24, 2.45) is 5.73 Å². The molecule has 1 atom stereocenters. The van der Waals surface area contributed by atoms with E-state index in [0.29, 0.717) is 6.54 Å². The fourth-order valence-corrected chi connectivity index (χ4v) is 0.926. The van der Waals surface area contributed by atoms with E-state index in [0.717, 1.165) is 6.54 Å². The third kappa shape index (κ3) is 2.37. The van der Waals surface area contributed by atoms with Crippen molar-refractivity contribution in [3.8, 4) is 0 Å². The van der Waals surface area contributed by atoms with Gasteiger partial charge in [0.2, 0.25) is 0 Å². The third-order valence-corrected chi connectivity index (χ3v) is 1.61. The third-order valence-electron chi connectivity index (χ3n) is 1.61. The number of rotatable bonds is 1. The molecule has 1 amide bonds. The number of nitrogens with zero attached hydrogens (tertiary/aromatic N) is 1. The summed E-state index contributed by atoms with van der Waals surface area (Å²) in [5.74, 6) is 0. The number of carbonyl (C=O) groups is 1. The van der Waals surface area contributed by atoms with Gasteiger partial charge in [-0.15, -0.1) is 0 Å². The van der Waals surface area contributed by atoms with Gasteiger partial charge in [-0.3, -0.25) is 0 Å². The molecule has 0 saturated carbocycles. The summed E-state index contributed by atoms with van der Waals surface area (Å²) in [6.07, 6.45) is -0.252. The van der Waals surface area contributed by atoms with Crippen LogP contribution in [0.15, 0.2) is 0 Å². The average molecular weight is 172 g/mol. The zero-order valence-corrected chi connectivity index (χ0v) is 7.83. The van der Waals surface area contributed by atoms with Gasteiger partial charge in [-0.25, -0.2) is 4.79 Å². The van der Waals surface area contributed by atoms with Gasteiger partial charge in [0.25, 0.3) is 0 Å². The molecule has 0 bridgehead atoms. The van der Waals surface area contributed by atoms with E-state index in [1.54, 1.807) is 4.90 Å². The summed E-state index contributed by atoms with van der Waals surface area (Å²) in [7, 11) is 0. The van der Waals surface area contributed by atoms with Crippen LogP contribution in [0.4, 0.5) is 4.79 Å². The van der Waals surface area contributed by atoms with Crippen molar-refractivity contribution in [2.45, 2.75) is 32.4 Å². The van der Waals surface area contributed by atoms with E-state index in [2.05, 4.69) is 0 Å². The molecule has 1 aliphatic rings. The molecular formula is C8H16N2O2. The van der Waals surface area contributed by atoms with Gasteiger partial charge in [0, 0.05) is 13.1 Å². The van der Waals surface area contributed by atoms with Gasteiger partial charge in [-0.2, -0.15) is 0 Å². The molecule has 0 aromatic heterocycles. The summed E-state index contributed by atoms with van der Waals surface area (Å²) in [5, 5.41) is 0. The van der Waals surface area contributed by atoms with Crippen LogP contribution in [-0.4, -0.2) is 35.7 Å². The van der Waals surface area contributed by atoms with Crippen LogP contribution in [0.5, 0.6) is 0 Å². The van der Waals surface area contributed by atoms with Crippen LogP contribution >= 0.6 is 0 Å². The second kappa shape index (κ2) is 2.94. The summed E-state index contributed by atoms with van der Waals surface area (Å²) < 4.78 is 5.13. The van der Waals surface area contributed by atoms with Crippen molar-refractivity contribution in [2.75, 3.05) is 13.1 Å². The van der Waals surface area contributed by atoms with Crippen molar-refractivity contribution < 1.29 is 9.53 Å². The molecule has 1 aliphatic heterocycles. The van der Waals surface area contributed by atoms with E-state index >= 15 is 0 Å². The standard InChI is InChI=1S/C8H16N2O2/c1-8(2,3)12-7(11)10-5-6(10)4-9/h6H,4-5,9H2,1-3H3/t6-,10?/m1/s1. The highest BCUT2D eigenvalue weighted by Gasteiger charge is 2.39. The number of hydrogen-bond acceptors (Lipinski definition) is 3. The lowest BCUT2D eigenvalue weighted by Crippen LogP contribution is -2.28. The molecule has 1 heterocycles. The first-order valence-electron chi connectivity index (χ1n) is 4.14. The number of carbonyl (C=O) groups excluding carboxylic acids is 1. The molecule has 1 saturated heterocycles. The number of amides is 1. The second-order valence-corrected chi connectivity index (χ2v) is 4.02. The van der Waals surface area contributed by atoms with Crippen molar-refractivity contribution in [3.05, 3.63) is 0 Å². The van der Waals surface area contributed by atoms with Crippen LogP contribution in [0, 0.1) is 0 Å². The second-order valence-electron chi connectivity index (χ2n) is 4.02. The Morgan fingerprint density at radius 2 is 2.25 bits per heavy atom. The number of hydrogen-bond donors (Lipinski definition) is 1. The SMILES string of the molecule is CC(C)(C)OC(=O)N1C[C@H]1CN. The Labute approximate surface area is 72.7 Å². The largest absolute Gasteiger partial charge is 0.444 e. The summed E-state index contributed by atoms with van der Waals surface area (Å²) in [5.41, 5.74) is 4.97. The molecule has 0 spiro atoms. The van der Waals surface area contributed by atoms with Crippen LogP contribution in [0.1, 0.15) is 20.8 Å². The van der Waals surface area contributed by atoms with Crippen molar-refractivity contribution in [3.63, 3.8) is 0 Å². The summed E-state index contributed by atoms with van der Waals surface area (Å²) >= 11 is 0. The fourth-order valence-electron chi connectivity index (χ4n) is 0.926. The van der Waals surface area contributed by atoms with Crippen LogP contribution in [0.25, 0.3) is 0 Å². The molecule has 0 radical (unpaired) electrons. The van der Waals surface area contributed by atoms with Crippen LogP contribution in [0.3, 0.4) is 0 Å². The highest BCUT2D eigenvalue weighted by atomic mass is 16.6. The van der Waals surface area contributed by atoms with E-state index in [4.69, 9.17) is 10.5 Å². The molecule has 1 rings (SSSR count). The monoisotopic (exact) mass is 172 g/mol. The average Bonchev–Trinajstić information content (AvgIpc) is 2.60. The molecule has 70 valence electrons. The maximum absolute atomic E-state index is 11.2. The van der Waals surface area contributed by atoms with Crippen molar-refractivity contribution in [1.82, 2.24) is 4.90 Å². The maximum Gasteiger partial charge on any atom is 0.410 e. The maximum atomic E-state index is 11.2. The Bertz CT molecular complexity index is 186. The first kappa shape index (κ1) is 9.32. The van der Waals surface area contributed by atoms with E-state index < -0.39 is 5.60 Å². The molecule has 4 nitrogen and oxygen atoms in total. The van der Waals surface area contributed by atoms with E-state index in [9.17, 15) is 4.79 Å². The smallest absolute Gasteiger partial charge is 0.410 e. The minimum Gasteiger partial charge on any atom is -0.444 e. The predicted octanol–water partition coefficient (Wildman–Crippen LogP) is 0.564. The van der Waals surface area contributed by atoms with Crippen LogP contribution in [-0.2, 0) is 4.74 Å². The van der Waals surface area contributed by atoms with Gasteiger partial charge in [0.15, 0.2) is 0 Å². The first-order valence-corrected chi connectivity index (χ1v) is 4.14. The van der Waals surface area contributed by atoms with Crippen LogP contribution in [0.2, 0.25) is 0 Å². The summed E-state index contributed by atoms with van der Waals surface area (Å²) in [6.45, 7) is 6.83. The van der Waals surface area contributed by atoms with Gasteiger partial charge >= 0.3 is 6.09 Å². The first-order chi connectivity index (χ1) is 5.44. The summed E-state index contributed by atoms with van der Waals surface area (Å²) in [4.78, 5) is 12.9. The zero-order chi connectivity index (χ0) is 9.35. The lowest BCUT2D eigenvalue weighted by atomic mass is 10.2. The molecule has 12 heavy (non-hydrogen) atoms. The van der Waals surface area contributed by atoms with Crippen molar-refractivity contribution >= 4 is 6.09 Å². The normalized spacial score (nSPS) is 22.3. The van der Waals surface area contributed by atoms with Gasteiger partial charge in [-0.05, 0) is 20.8 Å². The van der Waals surface area contributed by atoms with Crippen molar-refractivity contribution in [1.29, 1.82) is 0 Å². The van der Waals surface area contributed by atoms with E-state index in [-0.39, 0.29) is 12.1 Å². The number of nitrogens with two attached hydrogens (primary N) is 1. The predicted molar refractivity (Wildman–Crippen MR) is 45.8 cm³/mol. The van der Waals surface area contributed by atoms with Gasteiger partial charge in [0.05, 0.1) is 6.04 Å².